The second-order valence-electron chi connectivity index (χ2n) is 4.15. The average molecular weight is 380 g/mol. The van der Waals surface area contributed by atoms with Crippen LogP contribution in [0.1, 0.15) is 13.8 Å². The normalized spacial score (nSPS) is 10.4. The number of benzene rings is 1. The van der Waals surface area contributed by atoms with E-state index in [0.29, 0.717) is 5.69 Å². The second kappa shape index (κ2) is 6.69. The van der Waals surface area contributed by atoms with Gasteiger partial charge in [-0.15, -0.1) is 0 Å². The summed E-state index contributed by atoms with van der Waals surface area (Å²) in [5, 5.41) is 11.3. The van der Waals surface area contributed by atoms with Gasteiger partial charge in [-0.05, 0) is 48.6 Å². The number of carboxylic acids is 1. The minimum Gasteiger partial charge on any atom is -0.480 e. The summed E-state index contributed by atoms with van der Waals surface area (Å²) in [6.07, 6.45) is 0. The molecule has 1 aromatic carbocycles. The standard InChI is InChI=1S/C12H14FIN2O3/c1-7(2)16(6-10(17)18)12(19)15-9-5-3-4-8(13)11(9)14/h3-5,7H,6H2,1-2H3,(H,15,19)(H,17,18). The molecule has 0 fully saturated rings. The lowest BCUT2D eigenvalue weighted by Gasteiger charge is -2.25. The van der Waals surface area contributed by atoms with Crippen LogP contribution in [0.2, 0.25) is 0 Å². The average Bonchev–Trinajstić information content (AvgIpc) is 2.31. The Morgan fingerprint density at radius 3 is 2.63 bits per heavy atom. The molecule has 0 aliphatic carbocycles. The topological polar surface area (TPSA) is 69.6 Å². The fraction of sp³-hybridized carbons (Fsp3) is 0.333. The molecule has 104 valence electrons. The van der Waals surface area contributed by atoms with Crippen LogP contribution in [0.4, 0.5) is 14.9 Å². The van der Waals surface area contributed by atoms with Crippen LogP contribution in [0, 0.1) is 9.39 Å². The molecule has 0 aliphatic rings. The molecule has 0 radical (unpaired) electrons. The van der Waals surface area contributed by atoms with Crippen LogP contribution in [0.3, 0.4) is 0 Å². The largest absolute Gasteiger partial charge is 0.480 e. The summed E-state index contributed by atoms with van der Waals surface area (Å²) in [7, 11) is 0. The fourth-order valence-electron chi connectivity index (χ4n) is 1.42. The van der Waals surface area contributed by atoms with Gasteiger partial charge in [-0.1, -0.05) is 6.07 Å². The summed E-state index contributed by atoms with van der Waals surface area (Å²) < 4.78 is 13.6. The Kier molecular flexibility index (Phi) is 5.52. The van der Waals surface area contributed by atoms with Crippen molar-refractivity contribution in [1.82, 2.24) is 4.90 Å². The fourth-order valence-corrected chi connectivity index (χ4v) is 1.92. The van der Waals surface area contributed by atoms with Crippen LogP contribution < -0.4 is 5.32 Å². The van der Waals surface area contributed by atoms with Crippen LogP contribution in [0.25, 0.3) is 0 Å². The number of carbonyl (C=O) groups excluding carboxylic acids is 1. The first kappa shape index (κ1) is 15.7. The molecule has 0 saturated carbocycles. The zero-order chi connectivity index (χ0) is 14.6. The number of nitrogens with one attached hydrogen (secondary N) is 1. The molecule has 0 aromatic heterocycles. The Labute approximate surface area is 123 Å². The Bertz CT molecular complexity index is 494. The molecule has 0 bridgehead atoms. The number of halogens is 2. The summed E-state index contributed by atoms with van der Waals surface area (Å²) in [6, 6.07) is 3.48. The number of amides is 2. The van der Waals surface area contributed by atoms with Crippen molar-refractivity contribution in [3.8, 4) is 0 Å². The molecule has 19 heavy (non-hydrogen) atoms. The third-order valence-corrected chi connectivity index (χ3v) is 3.48. The van der Waals surface area contributed by atoms with E-state index in [9.17, 15) is 14.0 Å². The Morgan fingerprint density at radius 2 is 2.11 bits per heavy atom. The molecule has 0 atom stereocenters. The highest BCUT2D eigenvalue weighted by Crippen LogP contribution is 2.21. The SMILES string of the molecule is CC(C)N(CC(=O)O)C(=O)Nc1cccc(F)c1I. The van der Waals surface area contributed by atoms with Crippen molar-refractivity contribution in [3.63, 3.8) is 0 Å². The predicted octanol–water partition coefficient (Wildman–Crippen LogP) is 2.76. The maximum Gasteiger partial charge on any atom is 0.323 e. The second-order valence-corrected chi connectivity index (χ2v) is 5.23. The number of urea groups is 1. The smallest absolute Gasteiger partial charge is 0.323 e. The zero-order valence-corrected chi connectivity index (χ0v) is 12.6. The molecule has 0 heterocycles. The van der Waals surface area contributed by atoms with Crippen molar-refractivity contribution in [3.05, 3.63) is 27.6 Å². The van der Waals surface area contributed by atoms with Crippen molar-refractivity contribution >= 4 is 40.3 Å². The van der Waals surface area contributed by atoms with Gasteiger partial charge in [0, 0.05) is 6.04 Å². The first-order valence-electron chi connectivity index (χ1n) is 5.56. The molecule has 1 aromatic rings. The third kappa shape index (κ3) is 4.34. The quantitative estimate of drug-likeness (QED) is 0.790. The van der Waals surface area contributed by atoms with Crippen LogP contribution in [-0.4, -0.2) is 34.6 Å². The molecule has 2 amide bonds. The van der Waals surface area contributed by atoms with Gasteiger partial charge < -0.3 is 15.3 Å². The van der Waals surface area contributed by atoms with E-state index >= 15 is 0 Å². The minimum atomic E-state index is -1.10. The van der Waals surface area contributed by atoms with Crippen LogP contribution in [0.15, 0.2) is 18.2 Å². The number of carbonyl (C=O) groups is 2. The molecule has 0 saturated heterocycles. The van der Waals surface area contributed by atoms with E-state index in [0.717, 1.165) is 4.90 Å². The first-order valence-corrected chi connectivity index (χ1v) is 6.64. The summed E-state index contributed by atoms with van der Waals surface area (Å²) >= 11 is 1.78. The summed E-state index contributed by atoms with van der Waals surface area (Å²) in [6.45, 7) is 3.01. The number of hydrogen-bond donors (Lipinski definition) is 2. The highest BCUT2D eigenvalue weighted by Gasteiger charge is 2.20. The number of anilines is 1. The third-order valence-electron chi connectivity index (χ3n) is 2.38. The van der Waals surface area contributed by atoms with E-state index in [-0.39, 0.29) is 9.61 Å². The van der Waals surface area contributed by atoms with Gasteiger partial charge >= 0.3 is 12.0 Å². The number of nitrogens with zero attached hydrogens (tertiary/aromatic N) is 1. The lowest BCUT2D eigenvalue weighted by molar-refractivity contribution is -0.137. The number of aliphatic carboxylic acids is 1. The lowest BCUT2D eigenvalue weighted by atomic mass is 10.3. The van der Waals surface area contributed by atoms with Crippen molar-refractivity contribution in [2.45, 2.75) is 19.9 Å². The maximum atomic E-state index is 13.3. The summed E-state index contributed by atoms with van der Waals surface area (Å²) in [5.41, 5.74) is 0.321. The molecule has 1 rings (SSSR count). The van der Waals surface area contributed by atoms with E-state index in [2.05, 4.69) is 5.32 Å². The number of hydrogen-bond acceptors (Lipinski definition) is 2. The molecule has 0 aliphatic heterocycles. The van der Waals surface area contributed by atoms with Gasteiger partial charge in [-0.3, -0.25) is 4.79 Å². The van der Waals surface area contributed by atoms with Crippen molar-refractivity contribution in [1.29, 1.82) is 0 Å². The number of rotatable bonds is 4. The van der Waals surface area contributed by atoms with Crippen LogP contribution >= 0.6 is 22.6 Å². The monoisotopic (exact) mass is 380 g/mol. The Hall–Kier alpha value is -1.38. The maximum absolute atomic E-state index is 13.3. The molecule has 0 unspecified atom stereocenters. The zero-order valence-electron chi connectivity index (χ0n) is 10.5. The van der Waals surface area contributed by atoms with Crippen molar-refractivity contribution in [2.75, 3.05) is 11.9 Å². The van der Waals surface area contributed by atoms with Crippen molar-refractivity contribution in [2.24, 2.45) is 0 Å². The summed E-state index contributed by atoms with van der Waals surface area (Å²) in [5.74, 6) is -1.54. The van der Waals surface area contributed by atoms with E-state index in [1.54, 1.807) is 42.5 Å². The van der Waals surface area contributed by atoms with Crippen LogP contribution in [0.5, 0.6) is 0 Å². The van der Waals surface area contributed by atoms with E-state index in [1.165, 1.54) is 12.1 Å². The minimum absolute atomic E-state index is 0.276. The highest BCUT2D eigenvalue weighted by atomic mass is 127. The molecule has 0 spiro atoms. The molecular weight excluding hydrogens is 366 g/mol. The lowest BCUT2D eigenvalue weighted by Crippen LogP contribution is -2.43. The summed E-state index contributed by atoms with van der Waals surface area (Å²) in [4.78, 5) is 23.8. The predicted molar refractivity (Wildman–Crippen MR) is 77.6 cm³/mol. The van der Waals surface area contributed by atoms with Gasteiger partial charge in [-0.2, -0.15) is 0 Å². The van der Waals surface area contributed by atoms with E-state index in [4.69, 9.17) is 5.11 Å². The van der Waals surface area contributed by atoms with E-state index < -0.39 is 24.4 Å². The Balaban J connectivity index is 2.87. The Morgan fingerprint density at radius 1 is 1.47 bits per heavy atom. The first-order chi connectivity index (χ1) is 8.82. The van der Waals surface area contributed by atoms with Gasteiger partial charge in [0.1, 0.15) is 12.4 Å². The van der Waals surface area contributed by atoms with Gasteiger partial charge in [-0.25, -0.2) is 9.18 Å². The molecule has 7 heteroatoms. The van der Waals surface area contributed by atoms with Crippen LogP contribution in [-0.2, 0) is 4.79 Å². The highest BCUT2D eigenvalue weighted by molar-refractivity contribution is 14.1. The van der Waals surface area contributed by atoms with Gasteiger partial charge in [0.05, 0.1) is 9.26 Å². The molecule has 5 nitrogen and oxygen atoms in total. The number of carboxylic acid groups (broad SMARTS) is 1. The van der Waals surface area contributed by atoms with Gasteiger partial charge in [0.25, 0.3) is 0 Å². The van der Waals surface area contributed by atoms with Gasteiger partial charge in [0.2, 0.25) is 0 Å². The van der Waals surface area contributed by atoms with E-state index in [1.807, 2.05) is 0 Å². The molecular formula is C12H14FIN2O3. The van der Waals surface area contributed by atoms with Crippen molar-refractivity contribution < 1.29 is 19.1 Å². The molecule has 2 N–H and O–H groups in total. The van der Waals surface area contributed by atoms with Gasteiger partial charge in [0.15, 0.2) is 0 Å².